The third-order valence-corrected chi connectivity index (χ3v) is 4.18. The van der Waals surface area contributed by atoms with E-state index in [-0.39, 0.29) is 5.75 Å². The van der Waals surface area contributed by atoms with Crippen LogP contribution in [0.3, 0.4) is 0 Å². The summed E-state index contributed by atoms with van der Waals surface area (Å²) in [7, 11) is 0. The normalized spacial score (nSPS) is 10.8. The van der Waals surface area contributed by atoms with Crippen molar-refractivity contribution in [2.24, 2.45) is 0 Å². The van der Waals surface area contributed by atoms with Crippen molar-refractivity contribution >= 4 is 28.8 Å². The number of hydrogen-bond donors (Lipinski definition) is 1. The fraction of sp³-hybridized carbons (Fsp3) is 0.176. The first-order chi connectivity index (χ1) is 11.2. The van der Waals surface area contributed by atoms with Crippen LogP contribution < -0.4 is 4.74 Å². The van der Waals surface area contributed by atoms with Gasteiger partial charge in [-0.3, -0.25) is 9.36 Å². The van der Waals surface area contributed by atoms with Crippen molar-refractivity contribution in [1.29, 1.82) is 0 Å². The van der Waals surface area contributed by atoms with Crippen molar-refractivity contribution in [3.63, 3.8) is 0 Å². The second-order valence-corrected chi connectivity index (χ2v) is 5.77. The van der Waals surface area contributed by atoms with Gasteiger partial charge in [-0.1, -0.05) is 23.9 Å². The number of benzene rings is 2. The molecule has 0 unspecified atom stereocenters. The maximum Gasteiger partial charge on any atom is 0.313 e. The van der Waals surface area contributed by atoms with Crippen molar-refractivity contribution in [1.82, 2.24) is 9.55 Å². The molecule has 0 spiro atoms. The molecule has 2 aromatic carbocycles. The summed E-state index contributed by atoms with van der Waals surface area (Å²) >= 11 is 1.21. The smallest absolute Gasteiger partial charge is 0.313 e. The van der Waals surface area contributed by atoms with Crippen LogP contribution in [0.25, 0.3) is 16.7 Å². The second kappa shape index (κ2) is 6.75. The first-order valence-electron chi connectivity index (χ1n) is 7.24. The molecule has 23 heavy (non-hydrogen) atoms. The van der Waals surface area contributed by atoms with Gasteiger partial charge in [-0.15, -0.1) is 0 Å². The predicted molar refractivity (Wildman–Crippen MR) is 90.6 cm³/mol. The third-order valence-electron chi connectivity index (χ3n) is 3.26. The van der Waals surface area contributed by atoms with Gasteiger partial charge >= 0.3 is 5.97 Å². The van der Waals surface area contributed by atoms with Crippen molar-refractivity contribution < 1.29 is 14.6 Å². The number of rotatable bonds is 6. The van der Waals surface area contributed by atoms with Gasteiger partial charge in [-0.2, -0.15) is 0 Å². The molecule has 0 saturated carbocycles. The Labute approximate surface area is 137 Å². The van der Waals surface area contributed by atoms with Gasteiger partial charge in [-0.05, 0) is 43.3 Å². The third kappa shape index (κ3) is 3.32. The molecular formula is C17H16N2O3S. The molecule has 3 aromatic rings. The SMILES string of the molecule is CCOc1ccc(-n2c(SCC(=O)O)nc3ccccc32)cc1. The molecular weight excluding hydrogens is 312 g/mol. The highest BCUT2D eigenvalue weighted by Crippen LogP contribution is 2.28. The van der Waals surface area contributed by atoms with E-state index < -0.39 is 5.97 Å². The topological polar surface area (TPSA) is 64.3 Å². The quantitative estimate of drug-likeness (QED) is 0.700. The van der Waals surface area contributed by atoms with E-state index in [1.807, 2.05) is 60.0 Å². The van der Waals surface area contributed by atoms with Crippen molar-refractivity contribution in [2.45, 2.75) is 12.1 Å². The van der Waals surface area contributed by atoms with Crippen molar-refractivity contribution in [2.75, 3.05) is 12.4 Å². The summed E-state index contributed by atoms with van der Waals surface area (Å²) in [6.07, 6.45) is 0. The second-order valence-electron chi connectivity index (χ2n) is 4.83. The number of fused-ring (bicyclic) bond motifs is 1. The fourth-order valence-corrected chi connectivity index (χ4v) is 3.08. The number of nitrogens with zero attached hydrogens (tertiary/aromatic N) is 2. The summed E-state index contributed by atoms with van der Waals surface area (Å²) in [4.78, 5) is 15.4. The number of hydrogen-bond acceptors (Lipinski definition) is 4. The Kier molecular flexibility index (Phi) is 4.52. The Morgan fingerprint density at radius 1 is 1.22 bits per heavy atom. The Balaban J connectivity index is 2.06. The van der Waals surface area contributed by atoms with Gasteiger partial charge in [0.1, 0.15) is 5.75 Å². The van der Waals surface area contributed by atoms with Crippen LogP contribution in [0.15, 0.2) is 53.7 Å². The van der Waals surface area contributed by atoms with E-state index in [4.69, 9.17) is 9.84 Å². The van der Waals surface area contributed by atoms with Crippen molar-refractivity contribution in [3.05, 3.63) is 48.5 Å². The summed E-state index contributed by atoms with van der Waals surface area (Å²) in [6.45, 7) is 2.56. The van der Waals surface area contributed by atoms with Crippen LogP contribution in [0.2, 0.25) is 0 Å². The van der Waals surface area contributed by atoms with Crippen LogP contribution in [-0.2, 0) is 4.79 Å². The minimum atomic E-state index is -0.861. The highest BCUT2D eigenvalue weighted by molar-refractivity contribution is 7.99. The van der Waals surface area contributed by atoms with E-state index in [1.54, 1.807) is 0 Å². The molecule has 0 aliphatic carbocycles. The molecule has 3 rings (SSSR count). The average Bonchev–Trinajstić information content (AvgIpc) is 2.92. The molecule has 0 fully saturated rings. The number of carboxylic acids is 1. The molecule has 0 atom stereocenters. The molecule has 6 heteroatoms. The molecule has 0 radical (unpaired) electrons. The lowest BCUT2D eigenvalue weighted by atomic mass is 10.2. The minimum Gasteiger partial charge on any atom is -0.494 e. The zero-order chi connectivity index (χ0) is 16.2. The number of carboxylic acid groups (broad SMARTS) is 1. The summed E-state index contributed by atoms with van der Waals surface area (Å²) < 4.78 is 7.44. The van der Waals surface area contributed by atoms with E-state index >= 15 is 0 Å². The molecule has 0 saturated heterocycles. The lowest BCUT2D eigenvalue weighted by molar-refractivity contribution is -0.133. The fourth-order valence-electron chi connectivity index (χ4n) is 2.33. The first-order valence-corrected chi connectivity index (χ1v) is 8.23. The molecule has 118 valence electrons. The van der Waals surface area contributed by atoms with Gasteiger partial charge in [0.05, 0.1) is 23.4 Å². The average molecular weight is 328 g/mol. The number of carbonyl (C=O) groups is 1. The summed E-state index contributed by atoms with van der Waals surface area (Å²) in [5.41, 5.74) is 2.72. The van der Waals surface area contributed by atoms with E-state index in [0.717, 1.165) is 22.5 Å². The Hall–Kier alpha value is -2.47. The van der Waals surface area contributed by atoms with Gasteiger partial charge in [0.2, 0.25) is 0 Å². The van der Waals surface area contributed by atoms with Gasteiger partial charge < -0.3 is 9.84 Å². The molecule has 0 aliphatic rings. The maximum absolute atomic E-state index is 10.9. The van der Waals surface area contributed by atoms with E-state index in [0.29, 0.717) is 11.8 Å². The molecule has 1 heterocycles. The molecule has 0 bridgehead atoms. The number of ether oxygens (including phenoxy) is 1. The number of imidazole rings is 1. The molecule has 5 nitrogen and oxygen atoms in total. The summed E-state index contributed by atoms with van der Waals surface area (Å²) in [6, 6.07) is 15.5. The maximum atomic E-state index is 10.9. The highest BCUT2D eigenvalue weighted by atomic mass is 32.2. The molecule has 1 N–H and O–H groups in total. The number of thioether (sulfide) groups is 1. The van der Waals surface area contributed by atoms with Crippen LogP contribution in [0, 0.1) is 0 Å². The Bertz CT molecular complexity index is 827. The lowest BCUT2D eigenvalue weighted by Gasteiger charge is -2.09. The largest absolute Gasteiger partial charge is 0.494 e. The van der Waals surface area contributed by atoms with Gasteiger partial charge in [0, 0.05) is 5.69 Å². The van der Waals surface area contributed by atoms with Gasteiger partial charge in [0.15, 0.2) is 5.16 Å². The standard InChI is InChI=1S/C17H16N2O3S/c1-2-22-13-9-7-12(8-10-13)19-15-6-4-3-5-14(15)18-17(19)23-11-16(20)21/h3-10H,2,11H2,1H3,(H,20,21). The van der Waals surface area contributed by atoms with E-state index in [9.17, 15) is 4.79 Å². The zero-order valence-corrected chi connectivity index (χ0v) is 13.4. The minimum absolute atomic E-state index is 0.0274. The van der Waals surface area contributed by atoms with Crippen LogP contribution in [0.4, 0.5) is 0 Å². The molecule has 0 aliphatic heterocycles. The van der Waals surface area contributed by atoms with E-state index in [2.05, 4.69) is 4.98 Å². The Morgan fingerprint density at radius 3 is 2.65 bits per heavy atom. The summed E-state index contributed by atoms with van der Waals surface area (Å²) in [5, 5.41) is 9.60. The number of aromatic nitrogens is 2. The summed E-state index contributed by atoms with van der Waals surface area (Å²) in [5.74, 6) is -0.0823. The molecule has 1 aromatic heterocycles. The molecule has 0 amide bonds. The highest BCUT2D eigenvalue weighted by Gasteiger charge is 2.14. The number of aliphatic carboxylic acids is 1. The monoisotopic (exact) mass is 328 g/mol. The first kappa shape index (κ1) is 15.4. The predicted octanol–water partition coefficient (Wildman–Crippen LogP) is 3.60. The van der Waals surface area contributed by atoms with Gasteiger partial charge in [-0.25, -0.2) is 4.98 Å². The lowest BCUT2D eigenvalue weighted by Crippen LogP contribution is -2.02. The zero-order valence-electron chi connectivity index (χ0n) is 12.6. The van der Waals surface area contributed by atoms with Crippen molar-refractivity contribution in [3.8, 4) is 11.4 Å². The Morgan fingerprint density at radius 2 is 1.96 bits per heavy atom. The number of para-hydroxylation sites is 2. The van der Waals surface area contributed by atoms with Crippen LogP contribution >= 0.6 is 11.8 Å². The van der Waals surface area contributed by atoms with Crippen LogP contribution in [-0.4, -0.2) is 33.0 Å². The van der Waals surface area contributed by atoms with E-state index in [1.165, 1.54) is 11.8 Å². The van der Waals surface area contributed by atoms with Crippen LogP contribution in [0.1, 0.15) is 6.92 Å². The van der Waals surface area contributed by atoms with Crippen LogP contribution in [0.5, 0.6) is 5.75 Å². The van der Waals surface area contributed by atoms with Gasteiger partial charge in [0.25, 0.3) is 0 Å².